The Kier molecular flexibility index (Phi) is 6.24. The number of nitrogens with one attached hydrogen (secondary N) is 2. The van der Waals surface area contributed by atoms with E-state index >= 15 is 0 Å². The summed E-state index contributed by atoms with van der Waals surface area (Å²) < 4.78 is 2.30. The van der Waals surface area contributed by atoms with E-state index in [4.69, 9.17) is 0 Å². The van der Waals surface area contributed by atoms with Crippen LogP contribution in [0.5, 0.6) is 0 Å². The third kappa shape index (κ3) is 4.32. The Labute approximate surface area is 255 Å². The molecule has 3 heterocycles. The lowest BCUT2D eigenvalue weighted by Gasteiger charge is -2.25. The molecular formula is C40H28N4. The second-order valence-corrected chi connectivity index (χ2v) is 10.9. The van der Waals surface area contributed by atoms with E-state index in [9.17, 15) is 5.41 Å². The molecule has 5 aromatic carbocycles. The Bertz CT molecular complexity index is 2190. The van der Waals surface area contributed by atoms with Crippen molar-refractivity contribution < 1.29 is 0 Å². The highest BCUT2D eigenvalue weighted by atomic mass is 15.0. The van der Waals surface area contributed by atoms with E-state index in [1.165, 1.54) is 21.8 Å². The fourth-order valence-electron chi connectivity index (χ4n) is 6.24. The summed E-state index contributed by atoms with van der Waals surface area (Å²) in [4.78, 5) is 4.61. The third-order valence-corrected chi connectivity index (χ3v) is 8.29. The Hall–Kier alpha value is -6.00. The molecule has 0 radical (unpaired) electrons. The predicted octanol–water partition coefficient (Wildman–Crippen LogP) is 9.22. The van der Waals surface area contributed by atoms with Crippen LogP contribution in [0.25, 0.3) is 50.5 Å². The molecule has 0 unspecified atom stereocenters. The molecule has 0 fully saturated rings. The van der Waals surface area contributed by atoms with Crippen molar-refractivity contribution in [2.24, 2.45) is 0 Å². The zero-order valence-corrected chi connectivity index (χ0v) is 23.9. The Balaban J connectivity index is 1.27. The van der Waals surface area contributed by atoms with Gasteiger partial charge in [-0.2, -0.15) is 0 Å². The summed E-state index contributed by atoms with van der Waals surface area (Å²) in [6, 6.07) is 49.9. The molecule has 0 bridgehead atoms. The van der Waals surface area contributed by atoms with E-state index in [0.717, 1.165) is 50.6 Å². The maximum atomic E-state index is 9.64. The summed E-state index contributed by atoms with van der Waals surface area (Å²) in [7, 11) is 0. The highest BCUT2D eigenvalue weighted by Crippen LogP contribution is 2.36. The van der Waals surface area contributed by atoms with Crippen LogP contribution in [0.15, 0.2) is 152 Å². The van der Waals surface area contributed by atoms with Crippen molar-refractivity contribution in [1.82, 2.24) is 14.9 Å². The van der Waals surface area contributed by atoms with Crippen molar-refractivity contribution in [3.8, 4) is 5.69 Å². The normalized spacial score (nSPS) is 13.7. The number of hydrogen-bond donors (Lipinski definition) is 2. The molecule has 4 heteroatoms. The molecule has 1 aliphatic heterocycles. The maximum Gasteiger partial charge on any atom is 0.0864 e. The summed E-state index contributed by atoms with van der Waals surface area (Å²) in [5.74, 6) is 0. The lowest BCUT2D eigenvalue weighted by Crippen LogP contribution is -2.20. The van der Waals surface area contributed by atoms with Crippen LogP contribution in [0.2, 0.25) is 0 Å². The van der Waals surface area contributed by atoms with Crippen molar-refractivity contribution in [2.45, 2.75) is 0 Å². The summed E-state index contributed by atoms with van der Waals surface area (Å²) in [5, 5.41) is 15.8. The maximum absolute atomic E-state index is 9.64. The van der Waals surface area contributed by atoms with E-state index in [0.29, 0.717) is 5.71 Å². The fraction of sp³-hybridized carbons (Fsp3) is 0. The first-order valence-corrected chi connectivity index (χ1v) is 14.7. The molecule has 208 valence electrons. The lowest BCUT2D eigenvalue weighted by atomic mass is 9.88. The number of benzene rings is 5. The van der Waals surface area contributed by atoms with Crippen LogP contribution in [0, 0.1) is 5.41 Å². The van der Waals surface area contributed by atoms with Crippen molar-refractivity contribution in [3.05, 3.63) is 180 Å². The Morgan fingerprint density at radius 1 is 0.591 bits per heavy atom. The molecule has 8 rings (SSSR count). The van der Waals surface area contributed by atoms with Gasteiger partial charge in [-0.3, -0.25) is 10.4 Å². The number of fused-ring (bicyclic) bond motifs is 4. The molecule has 44 heavy (non-hydrogen) atoms. The van der Waals surface area contributed by atoms with Gasteiger partial charge in [0.25, 0.3) is 0 Å². The first-order valence-electron chi connectivity index (χ1n) is 14.7. The van der Waals surface area contributed by atoms with E-state index < -0.39 is 0 Å². The van der Waals surface area contributed by atoms with Gasteiger partial charge in [0, 0.05) is 39.4 Å². The summed E-state index contributed by atoms with van der Waals surface area (Å²) in [6.45, 7) is 0. The van der Waals surface area contributed by atoms with Gasteiger partial charge >= 0.3 is 0 Å². The molecule has 0 saturated heterocycles. The topological polar surface area (TPSA) is 53.7 Å². The van der Waals surface area contributed by atoms with E-state index in [1.54, 1.807) is 6.20 Å². The minimum Gasteiger partial charge on any atom is -0.353 e. The van der Waals surface area contributed by atoms with Gasteiger partial charge in [0.05, 0.1) is 33.8 Å². The van der Waals surface area contributed by atoms with Gasteiger partial charge in [0.1, 0.15) is 0 Å². The van der Waals surface area contributed by atoms with Crippen molar-refractivity contribution in [2.75, 3.05) is 0 Å². The summed E-state index contributed by atoms with van der Waals surface area (Å²) >= 11 is 0. The quantitative estimate of drug-likeness (QED) is 0.205. The smallest absolute Gasteiger partial charge is 0.0864 e. The highest BCUT2D eigenvalue weighted by molar-refractivity contribution is 6.36. The minimum atomic E-state index is 0.449. The Morgan fingerprint density at radius 3 is 1.93 bits per heavy atom. The van der Waals surface area contributed by atoms with E-state index in [1.807, 2.05) is 42.5 Å². The number of allylic oxidation sites excluding steroid dienone is 1. The van der Waals surface area contributed by atoms with Crippen LogP contribution in [-0.4, -0.2) is 15.3 Å². The number of pyridine rings is 1. The first kappa shape index (κ1) is 25.7. The van der Waals surface area contributed by atoms with Crippen LogP contribution < -0.4 is 5.32 Å². The van der Waals surface area contributed by atoms with Crippen LogP contribution in [0.4, 0.5) is 0 Å². The zero-order chi connectivity index (χ0) is 29.5. The van der Waals surface area contributed by atoms with Gasteiger partial charge in [-0.25, -0.2) is 0 Å². The average Bonchev–Trinajstić information content (AvgIpc) is 3.43. The lowest BCUT2D eigenvalue weighted by molar-refractivity contribution is 1.16. The molecule has 0 amide bonds. The van der Waals surface area contributed by atoms with Crippen LogP contribution >= 0.6 is 0 Å². The zero-order valence-electron chi connectivity index (χ0n) is 23.9. The van der Waals surface area contributed by atoms with Crippen molar-refractivity contribution in [1.29, 1.82) is 5.41 Å². The summed E-state index contributed by atoms with van der Waals surface area (Å²) in [6.07, 6.45) is 3.94. The number of nitrogens with zero attached hydrogens (tertiary/aromatic N) is 2. The average molecular weight is 565 g/mol. The van der Waals surface area contributed by atoms with Gasteiger partial charge in [-0.1, -0.05) is 109 Å². The second-order valence-electron chi connectivity index (χ2n) is 10.9. The number of hydrogen-bond acceptors (Lipinski definition) is 3. The molecule has 0 spiro atoms. The van der Waals surface area contributed by atoms with Gasteiger partial charge < -0.3 is 9.88 Å². The molecular weight excluding hydrogens is 536 g/mol. The SMILES string of the molecule is N=C(/C(=C1\NC(c2ccccn2)=Cc2ccccc21)c1ccccc1)c1ccc(-n2c3ccccc3c3ccccc32)cc1. The molecule has 7 aromatic rings. The van der Waals surface area contributed by atoms with Gasteiger partial charge in [0.15, 0.2) is 0 Å². The molecule has 2 aromatic heterocycles. The first-order chi connectivity index (χ1) is 21.8. The predicted molar refractivity (Wildman–Crippen MR) is 183 cm³/mol. The van der Waals surface area contributed by atoms with E-state index in [-0.39, 0.29) is 0 Å². The van der Waals surface area contributed by atoms with Crippen LogP contribution in [-0.2, 0) is 0 Å². The molecule has 1 aliphatic rings. The standard InChI is InChI=1S/C40H28N4/c41-39(28-21-23-30(24-22-28)44-36-19-8-6-16-32(36)33-17-7-9-20-37(33)44)38(27-12-2-1-3-13-27)40-31-15-5-4-14-29(31)26-35(43-40)34-18-10-11-25-42-34/h1-26,41,43H/b40-38-,41-39?. The van der Waals surface area contributed by atoms with Gasteiger partial charge in [-0.15, -0.1) is 0 Å². The molecule has 0 saturated carbocycles. The highest BCUT2D eigenvalue weighted by Gasteiger charge is 2.24. The largest absolute Gasteiger partial charge is 0.353 e. The monoisotopic (exact) mass is 564 g/mol. The van der Waals surface area contributed by atoms with Crippen LogP contribution in [0.1, 0.15) is 27.9 Å². The fourth-order valence-corrected chi connectivity index (χ4v) is 6.24. The summed E-state index contributed by atoms with van der Waals surface area (Å²) in [5.41, 5.74) is 11.3. The van der Waals surface area contributed by atoms with Crippen molar-refractivity contribution in [3.63, 3.8) is 0 Å². The molecule has 0 atom stereocenters. The number of aromatic nitrogens is 2. The molecule has 0 aliphatic carbocycles. The van der Waals surface area contributed by atoms with Gasteiger partial charge in [0.2, 0.25) is 0 Å². The van der Waals surface area contributed by atoms with Crippen LogP contribution in [0.3, 0.4) is 0 Å². The van der Waals surface area contributed by atoms with Gasteiger partial charge in [-0.05, 0) is 53.6 Å². The minimum absolute atomic E-state index is 0.449. The second kappa shape index (κ2) is 10.7. The molecule has 4 nitrogen and oxygen atoms in total. The third-order valence-electron chi connectivity index (χ3n) is 8.29. The Morgan fingerprint density at radius 2 is 1.23 bits per heavy atom. The molecule has 2 N–H and O–H groups in total. The van der Waals surface area contributed by atoms with Crippen molar-refractivity contribution >= 4 is 50.6 Å². The number of rotatable bonds is 5. The van der Waals surface area contributed by atoms with E-state index in [2.05, 4.69) is 124 Å². The number of para-hydroxylation sites is 2.